The molecule has 0 spiro atoms. The smallest absolute Gasteiger partial charge is 0.194 e. The number of aliphatic imine (C=N–C) groups is 1. The monoisotopic (exact) mass is 306 g/mol. The molecule has 5 heteroatoms. The number of guanidine groups is 1. The van der Waals surface area contributed by atoms with Gasteiger partial charge in [-0.1, -0.05) is 25.0 Å². The molecule has 0 radical (unpaired) electrons. The van der Waals surface area contributed by atoms with Gasteiger partial charge in [-0.05, 0) is 26.2 Å². The van der Waals surface area contributed by atoms with Crippen molar-refractivity contribution in [1.29, 1.82) is 0 Å². The highest BCUT2D eigenvalue weighted by molar-refractivity contribution is 5.80. The first-order valence-corrected chi connectivity index (χ1v) is 8.85. The molecule has 0 amide bonds. The maximum atomic E-state index is 10.5. The van der Waals surface area contributed by atoms with Gasteiger partial charge in [-0.3, -0.25) is 9.89 Å². The largest absolute Gasteiger partial charge is 0.388 e. The van der Waals surface area contributed by atoms with Gasteiger partial charge in [0.05, 0.1) is 12.1 Å². The van der Waals surface area contributed by atoms with Gasteiger partial charge in [0.15, 0.2) is 5.96 Å². The van der Waals surface area contributed by atoms with Crippen LogP contribution in [-0.4, -0.2) is 71.8 Å². The first kappa shape index (κ1) is 15.8. The molecule has 1 atom stereocenters. The van der Waals surface area contributed by atoms with E-state index in [1.165, 1.54) is 6.42 Å². The van der Waals surface area contributed by atoms with Crippen LogP contribution in [-0.2, 0) is 0 Å². The number of nitrogens with one attached hydrogen (secondary N) is 1. The summed E-state index contributed by atoms with van der Waals surface area (Å²) < 4.78 is 0. The van der Waals surface area contributed by atoms with E-state index < -0.39 is 5.60 Å². The Hall–Kier alpha value is -1.07. The average molecular weight is 306 g/mol. The second kappa shape index (κ2) is 7.01. The van der Waals surface area contributed by atoms with Gasteiger partial charge in [0.1, 0.15) is 0 Å². The van der Waals surface area contributed by atoms with Crippen molar-refractivity contribution in [3.63, 3.8) is 0 Å². The molecule has 2 aliphatic heterocycles. The molecular formula is C17H30N4O. The zero-order valence-electron chi connectivity index (χ0n) is 13.8. The number of aliphatic hydroxyl groups is 1. The standard InChI is InChI=1S/C17H30N4O/c1-2-18-16(19-14-17(22)8-3-4-9-17)21-12-7-15(13-21)20-10-5-6-11-20/h5-6,15,22H,2-4,7-14H2,1H3,(H,18,19). The molecule has 22 heavy (non-hydrogen) atoms. The van der Waals surface area contributed by atoms with Crippen LogP contribution < -0.4 is 5.32 Å². The highest BCUT2D eigenvalue weighted by Gasteiger charge is 2.32. The van der Waals surface area contributed by atoms with Crippen LogP contribution in [0.1, 0.15) is 39.0 Å². The predicted molar refractivity (Wildman–Crippen MR) is 90.1 cm³/mol. The molecule has 0 aromatic rings. The van der Waals surface area contributed by atoms with Gasteiger partial charge in [0.25, 0.3) is 0 Å². The molecule has 2 N–H and O–H groups in total. The Labute approximate surface area is 134 Å². The van der Waals surface area contributed by atoms with Gasteiger partial charge >= 0.3 is 0 Å². The normalized spacial score (nSPS) is 28.7. The van der Waals surface area contributed by atoms with Gasteiger partial charge in [0, 0.05) is 38.8 Å². The average Bonchev–Trinajstić information content (AvgIpc) is 3.24. The number of nitrogens with zero attached hydrogens (tertiary/aromatic N) is 3. The first-order chi connectivity index (χ1) is 10.7. The van der Waals surface area contributed by atoms with Crippen LogP contribution in [0.5, 0.6) is 0 Å². The van der Waals surface area contributed by atoms with Crippen molar-refractivity contribution in [1.82, 2.24) is 15.1 Å². The summed E-state index contributed by atoms with van der Waals surface area (Å²) in [6.45, 7) is 7.82. The lowest BCUT2D eigenvalue weighted by atomic mass is 10.0. The highest BCUT2D eigenvalue weighted by Crippen LogP contribution is 2.29. The van der Waals surface area contributed by atoms with Crippen molar-refractivity contribution >= 4 is 5.96 Å². The van der Waals surface area contributed by atoms with Crippen LogP contribution in [0, 0.1) is 0 Å². The molecule has 0 aromatic heterocycles. The lowest BCUT2D eigenvalue weighted by molar-refractivity contribution is 0.0572. The number of likely N-dealkylation sites (tertiary alicyclic amines) is 1. The molecule has 1 aliphatic carbocycles. The Bertz CT molecular complexity index is 420. The third-order valence-corrected chi connectivity index (χ3v) is 5.22. The molecule has 3 aliphatic rings. The summed E-state index contributed by atoms with van der Waals surface area (Å²) in [5, 5.41) is 13.9. The molecule has 1 saturated heterocycles. The minimum absolute atomic E-state index is 0.543. The predicted octanol–water partition coefficient (Wildman–Crippen LogP) is 1.20. The van der Waals surface area contributed by atoms with Crippen LogP contribution >= 0.6 is 0 Å². The summed E-state index contributed by atoms with van der Waals surface area (Å²) in [5.74, 6) is 0.984. The van der Waals surface area contributed by atoms with E-state index in [-0.39, 0.29) is 0 Å². The van der Waals surface area contributed by atoms with Gasteiger partial charge in [-0.15, -0.1) is 0 Å². The third kappa shape index (κ3) is 3.63. The minimum Gasteiger partial charge on any atom is -0.388 e. The Balaban J connectivity index is 1.58. The van der Waals surface area contributed by atoms with E-state index in [1.807, 2.05) is 0 Å². The van der Waals surface area contributed by atoms with E-state index in [9.17, 15) is 5.11 Å². The van der Waals surface area contributed by atoms with Crippen LogP contribution in [0.4, 0.5) is 0 Å². The molecule has 2 fully saturated rings. The molecular weight excluding hydrogens is 276 g/mol. The Morgan fingerprint density at radius 2 is 2.05 bits per heavy atom. The zero-order valence-corrected chi connectivity index (χ0v) is 13.8. The van der Waals surface area contributed by atoms with Gasteiger partial charge in [-0.25, -0.2) is 0 Å². The summed E-state index contributed by atoms with van der Waals surface area (Å²) in [7, 11) is 0. The van der Waals surface area contributed by atoms with E-state index in [0.717, 1.165) is 64.4 Å². The molecule has 5 nitrogen and oxygen atoms in total. The topological polar surface area (TPSA) is 51.1 Å². The van der Waals surface area contributed by atoms with E-state index in [2.05, 4.69) is 34.2 Å². The molecule has 1 saturated carbocycles. The second-order valence-corrected chi connectivity index (χ2v) is 6.92. The Morgan fingerprint density at radius 1 is 1.32 bits per heavy atom. The second-order valence-electron chi connectivity index (χ2n) is 6.92. The van der Waals surface area contributed by atoms with Crippen LogP contribution in [0.2, 0.25) is 0 Å². The maximum Gasteiger partial charge on any atom is 0.194 e. The Morgan fingerprint density at radius 3 is 2.73 bits per heavy atom. The van der Waals surface area contributed by atoms with Gasteiger partial charge in [-0.2, -0.15) is 0 Å². The fourth-order valence-corrected chi connectivity index (χ4v) is 3.86. The van der Waals surface area contributed by atoms with E-state index in [4.69, 9.17) is 4.99 Å². The summed E-state index contributed by atoms with van der Waals surface area (Å²) >= 11 is 0. The van der Waals surface area contributed by atoms with E-state index >= 15 is 0 Å². The molecule has 1 unspecified atom stereocenters. The maximum absolute atomic E-state index is 10.5. The van der Waals surface area contributed by atoms with Crippen molar-refractivity contribution in [2.24, 2.45) is 4.99 Å². The molecule has 0 aromatic carbocycles. The zero-order chi connectivity index (χ0) is 15.4. The van der Waals surface area contributed by atoms with Crippen LogP contribution in [0.25, 0.3) is 0 Å². The lowest BCUT2D eigenvalue weighted by Crippen LogP contribution is -2.43. The summed E-state index contributed by atoms with van der Waals surface area (Å²) in [6, 6.07) is 0.633. The summed E-state index contributed by atoms with van der Waals surface area (Å²) in [4.78, 5) is 9.66. The summed E-state index contributed by atoms with van der Waals surface area (Å²) in [5.41, 5.74) is -0.557. The molecule has 2 heterocycles. The highest BCUT2D eigenvalue weighted by atomic mass is 16.3. The van der Waals surface area contributed by atoms with Crippen LogP contribution in [0.15, 0.2) is 17.1 Å². The molecule has 3 rings (SSSR count). The van der Waals surface area contributed by atoms with Gasteiger partial charge in [0.2, 0.25) is 0 Å². The van der Waals surface area contributed by atoms with Gasteiger partial charge < -0.3 is 15.3 Å². The van der Waals surface area contributed by atoms with E-state index in [0.29, 0.717) is 12.6 Å². The minimum atomic E-state index is -0.557. The van der Waals surface area contributed by atoms with Crippen molar-refractivity contribution in [2.45, 2.75) is 50.7 Å². The molecule has 124 valence electrons. The fraction of sp³-hybridized carbons (Fsp3) is 0.824. The van der Waals surface area contributed by atoms with Crippen molar-refractivity contribution in [3.05, 3.63) is 12.2 Å². The first-order valence-electron chi connectivity index (χ1n) is 8.85. The quantitative estimate of drug-likeness (QED) is 0.466. The van der Waals surface area contributed by atoms with Crippen molar-refractivity contribution in [2.75, 3.05) is 39.3 Å². The lowest BCUT2D eigenvalue weighted by Gasteiger charge is -2.26. The van der Waals surface area contributed by atoms with Crippen molar-refractivity contribution < 1.29 is 5.11 Å². The third-order valence-electron chi connectivity index (χ3n) is 5.22. The number of hydrogen-bond donors (Lipinski definition) is 2. The number of rotatable bonds is 4. The fourth-order valence-electron chi connectivity index (χ4n) is 3.86. The van der Waals surface area contributed by atoms with Crippen LogP contribution in [0.3, 0.4) is 0 Å². The Kier molecular flexibility index (Phi) is 5.03. The SMILES string of the molecule is CCNC(=NCC1(O)CCCC1)N1CCC(N2CC=CC2)C1. The van der Waals surface area contributed by atoms with Crippen molar-refractivity contribution in [3.8, 4) is 0 Å². The molecule has 0 bridgehead atoms. The van der Waals surface area contributed by atoms with E-state index in [1.54, 1.807) is 0 Å². The summed E-state index contributed by atoms with van der Waals surface area (Å²) in [6.07, 6.45) is 9.80. The number of hydrogen-bond acceptors (Lipinski definition) is 3.